The Bertz CT molecular complexity index is 752. The summed E-state index contributed by atoms with van der Waals surface area (Å²) in [5.41, 5.74) is 0.954. The highest BCUT2D eigenvalue weighted by molar-refractivity contribution is 7.21. The number of aromatic nitrogens is 1. The quantitative estimate of drug-likeness (QED) is 0.543. The first-order valence-electron chi connectivity index (χ1n) is 5.98. The lowest BCUT2D eigenvalue weighted by Crippen LogP contribution is -1.92. The van der Waals surface area contributed by atoms with Gasteiger partial charge >= 0.3 is 5.97 Å². The fourth-order valence-corrected chi connectivity index (χ4v) is 2.68. The summed E-state index contributed by atoms with van der Waals surface area (Å²) in [7, 11) is 1.33. The molecule has 2 heterocycles. The Balaban J connectivity index is 1.89. The van der Waals surface area contributed by atoms with Crippen molar-refractivity contribution < 1.29 is 13.9 Å². The Labute approximate surface area is 119 Å². The molecule has 0 fully saturated rings. The van der Waals surface area contributed by atoms with Gasteiger partial charge in [-0.3, -0.25) is 0 Å². The fourth-order valence-electron chi connectivity index (χ4n) is 1.75. The van der Waals surface area contributed by atoms with Crippen LogP contribution in [0, 0.1) is 0 Å². The molecule has 0 spiro atoms. The van der Waals surface area contributed by atoms with E-state index >= 15 is 0 Å². The van der Waals surface area contributed by atoms with E-state index in [1.807, 2.05) is 30.3 Å². The van der Waals surface area contributed by atoms with Crippen LogP contribution in [0.15, 0.2) is 46.9 Å². The highest BCUT2D eigenvalue weighted by Gasteiger charge is 2.09. The third-order valence-corrected chi connectivity index (χ3v) is 3.77. The van der Waals surface area contributed by atoms with E-state index in [4.69, 9.17) is 4.42 Å². The van der Waals surface area contributed by atoms with Gasteiger partial charge in [-0.25, -0.2) is 9.78 Å². The predicted molar refractivity (Wildman–Crippen MR) is 78.4 cm³/mol. The second-order valence-electron chi connectivity index (χ2n) is 4.05. The minimum absolute atomic E-state index is 0.414. The number of benzene rings is 1. The second kappa shape index (κ2) is 5.30. The van der Waals surface area contributed by atoms with Crippen molar-refractivity contribution in [2.24, 2.45) is 0 Å². The molecule has 0 saturated carbocycles. The highest BCUT2D eigenvalue weighted by atomic mass is 32.1. The minimum Gasteiger partial charge on any atom is -0.466 e. The number of nitrogens with zero attached hydrogens (tertiary/aromatic N) is 1. The molecule has 0 saturated heterocycles. The summed E-state index contributed by atoms with van der Waals surface area (Å²) in [5.74, 6) is 0.864. The third kappa shape index (κ3) is 2.48. The summed E-state index contributed by atoms with van der Waals surface area (Å²) in [5, 5.41) is 0.823. The molecular weight excluding hydrogens is 274 g/mol. The van der Waals surface area contributed by atoms with Crippen molar-refractivity contribution >= 4 is 33.6 Å². The third-order valence-electron chi connectivity index (χ3n) is 2.72. The van der Waals surface area contributed by atoms with Crippen molar-refractivity contribution in [1.29, 1.82) is 0 Å². The van der Waals surface area contributed by atoms with Gasteiger partial charge in [-0.15, -0.1) is 11.3 Å². The summed E-state index contributed by atoms with van der Waals surface area (Å²) >= 11 is 1.57. The van der Waals surface area contributed by atoms with E-state index in [1.54, 1.807) is 23.5 Å². The maximum absolute atomic E-state index is 11.0. The molecule has 20 heavy (non-hydrogen) atoms. The number of carbonyl (C=O) groups excluding carboxylic acids is 1. The fraction of sp³-hybridized carbons (Fsp3) is 0.0667. The monoisotopic (exact) mass is 285 g/mol. The van der Waals surface area contributed by atoms with E-state index in [9.17, 15) is 4.79 Å². The standard InChI is InChI=1S/C15H11NO3S/c1-18-14(17)9-7-10-6-8-12(19-10)15-16-11-4-2-3-5-13(11)20-15/h2-9H,1H3/b9-7+. The van der Waals surface area contributed by atoms with Gasteiger partial charge in [0.1, 0.15) is 5.76 Å². The van der Waals surface area contributed by atoms with Crippen LogP contribution in [-0.4, -0.2) is 18.1 Å². The Morgan fingerprint density at radius 3 is 2.95 bits per heavy atom. The molecule has 1 aromatic carbocycles. The van der Waals surface area contributed by atoms with E-state index in [0.717, 1.165) is 15.2 Å². The Morgan fingerprint density at radius 2 is 2.15 bits per heavy atom. The molecule has 0 radical (unpaired) electrons. The van der Waals surface area contributed by atoms with Crippen LogP contribution < -0.4 is 0 Å². The van der Waals surface area contributed by atoms with Crippen LogP contribution >= 0.6 is 11.3 Å². The molecule has 0 aliphatic heterocycles. The number of furan rings is 1. The van der Waals surface area contributed by atoms with Gasteiger partial charge in [-0.05, 0) is 30.3 Å². The van der Waals surface area contributed by atoms with Crippen LogP contribution in [0.25, 0.3) is 27.1 Å². The smallest absolute Gasteiger partial charge is 0.330 e. The van der Waals surface area contributed by atoms with Gasteiger partial charge in [-0.2, -0.15) is 0 Å². The average Bonchev–Trinajstić information content (AvgIpc) is 3.10. The molecule has 100 valence electrons. The van der Waals surface area contributed by atoms with Crippen molar-refractivity contribution in [3.8, 4) is 10.8 Å². The molecule has 0 N–H and O–H groups in total. The molecule has 0 aliphatic carbocycles. The van der Waals surface area contributed by atoms with Gasteiger partial charge in [-0.1, -0.05) is 12.1 Å². The molecule has 2 aromatic heterocycles. The van der Waals surface area contributed by atoms with Crippen LogP contribution in [0.3, 0.4) is 0 Å². The largest absolute Gasteiger partial charge is 0.466 e. The number of methoxy groups -OCH3 is 1. The predicted octanol–water partition coefficient (Wildman–Crippen LogP) is 3.74. The first-order chi connectivity index (χ1) is 9.76. The average molecular weight is 285 g/mol. The zero-order valence-corrected chi connectivity index (χ0v) is 11.5. The van der Waals surface area contributed by atoms with Gasteiger partial charge in [0, 0.05) is 6.08 Å². The molecule has 5 heteroatoms. The van der Waals surface area contributed by atoms with Gasteiger partial charge in [0.15, 0.2) is 10.8 Å². The highest BCUT2D eigenvalue weighted by Crippen LogP contribution is 2.31. The van der Waals surface area contributed by atoms with E-state index < -0.39 is 5.97 Å². The zero-order valence-electron chi connectivity index (χ0n) is 10.7. The van der Waals surface area contributed by atoms with Gasteiger partial charge < -0.3 is 9.15 Å². The molecule has 0 bridgehead atoms. The van der Waals surface area contributed by atoms with Crippen molar-refractivity contribution in [3.05, 3.63) is 48.2 Å². The first-order valence-corrected chi connectivity index (χ1v) is 6.80. The number of thiazole rings is 1. The number of ether oxygens (including phenoxy) is 1. The lowest BCUT2D eigenvalue weighted by Gasteiger charge is -1.89. The number of carbonyl (C=O) groups is 1. The van der Waals surface area contributed by atoms with Crippen LogP contribution in [-0.2, 0) is 9.53 Å². The summed E-state index contributed by atoms with van der Waals surface area (Å²) in [6, 6.07) is 11.6. The summed E-state index contributed by atoms with van der Waals surface area (Å²) in [6.45, 7) is 0. The van der Waals surface area contributed by atoms with Crippen LogP contribution in [0.4, 0.5) is 0 Å². The zero-order chi connectivity index (χ0) is 13.9. The lowest BCUT2D eigenvalue weighted by molar-refractivity contribution is -0.134. The second-order valence-corrected chi connectivity index (χ2v) is 5.08. The molecular formula is C15H11NO3S. The molecule has 0 amide bonds. The number of hydrogen-bond acceptors (Lipinski definition) is 5. The maximum atomic E-state index is 11.0. The Morgan fingerprint density at radius 1 is 1.30 bits per heavy atom. The molecule has 0 atom stereocenters. The van der Waals surface area contributed by atoms with Crippen molar-refractivity contribution in [2.75, 3.05) is 7.11 Å². The molecule has 4 nitrogen and oxygen atoms in total. The number of para-hydroxylation sites is 1. The van der Waals surface area contributed by atoms with Crippen LogP contribution in [0.2, 0.25) is 0 Å². The van der Waals surface area contributed by atoms with Gasteiger partial charge in [0.25, 0.3) is 0 Å². The van der Waals surface area contributed by atoms with E-state index in [-0.39, 0.29) is 0 Å². The van der Waals surface area contributed by atoms with E-state index in [0.29, 0.717) is 11.5 Å². The normalized spacial score (nSPS) is 11.2. The summed E-state index contributed by atoms with van der Waals surface area (Å²) in [4.78, 5) is 15.5. The maximum Gasteiger partial charge on any atom is 0.330 e. The van der Waals surface area contributed by atoms with Crippen molar-refractivity contribution in [1.82, 2.24) is 4.98 Å². The van der Waals surface area contributed by atoms with Gasteiger partial charge in [0.2, 0.25) is 0 Å². The molecule has 0 unspecified atom stereocenters. The SMILES string of the molecule is COC(=O)/C=C/c1ccc(-c2nc3ccccc3s2)o1. The summed E-state index contributed by atoms with van der Waals surface area (Å²) < 4.78 is 11.3. The van der Waals surface area contributed by atoms with Gasteiger partial charge in [0.05, 0.1) is 17.3 Å². The topological polar surface area (TPSA) is 52.3 Å². The number of fused-ring (bicyclic) bond motifs is 1. The Kier molecular flexibility index (Phi) is 3.35. The number of esters is 1. The van der Waals surface area contributed by atoms with Crippen LogP contribution in [0.1, 0.15) is 5.76 Å². The lowest BCUT2D eigenvalue weighted by atomic mass is 10.3. The van der Waals surface area contributed by atoms with E-state index in [1.165, 1.54) is 13.2 Å². The minimum atomic E-state index is -0.414. The number of hydrogen-bond donors (Lipinski definition) is 0. The first kappa shape index (κ1) is 12.6. The molecule has 3 rings (SSSR count). The number of rotatable bonds is 3. The van der Waals surface area contributed by atoms with Crippen LogP contribution in [0.5, 0.6) is 0 Å². The Hall–Kier alpha value is -2.40. The van der Waals surface area contributed by atoms with E-state index in [2.05, 4.69) is 9.72 Å². The molecule has 0 aliphatic rings. The molecule has 3 aromatic rings. The summed E-state index contributed by atoms with van der Waals surface area (Å²) in [6.07, 6.45) is 2.89. The van der Waals surface area contributed by atoms with Crippen molar-refractivity contribution in [2.45, 2.75) is 0 Å². The van der Waals surface area contributed by atoms with Crippen molar-refractivity contribution in [3.63, 3.8) is 0 Å².